The number of carbonyl (C=O) groups excluding carboxylic acids is 1. The Bertz CT molecular complexity index is 1350. The zero-order chi connectivity index (χ0) is 23.9. The summed E-state index contributed by atoms with van der Waals surface area (Å²) in [6.45, 7) is 2.94. The van der Waals surface area contributed by atoms with Gasteiger partial charge < -0.3 is 14.8 Å². The summed E-state index contributed by atoms with van der Waals surface area (Å²) in [6, 6.07) is 16.4. The molecular formula is C25H23ClN2O5S. The molecule has 5 rings (SSSR count). The molecule has 0 radical (unpaired) electrons. The molecule has 9 heteroatoms. The Morgan fingerprint density at radius 1 is 1.03 bits per heavy atom. The van der Waals surface area contributed by atoms with Crippen LogP contribution in [-0.4, -0.2) is 31.7 Å². The average molecular weight is 499 g/mol. The molecule has 176 valence electrons. The number of sulfonamides is 1. The average Bonchev–Trinajstić information content (AvgIpc) is 2.95. The summed E-state index contributed by atoms with van der Waals surface area (Å²) in [5, 5.41) is 3.32. The van der Waals surface area contributed by atoms with Gasteiger partial charge in [-0.1, -0.05) is 30.7 Å². The predicted molar refractivity (Wildman–Crippen MR) is 130 cm³/mol. The molecule has 0 saturated carbocycles. The van der Waals surface area contributed by atoms with Crippen molar-refractivity contribution in [3.05, 3.63) is 71.2 Å². The van der Waals surface area contributed by atoms with Gasteiger partial charge in [-0.15, -0.1) is 0 Å². The summed E-state index contributed by atoms with van der Waals surface area (Å²) in [4.78, 5) is 12.9. The van der Waals surface area contributed by atoms with Crippen molar-refractivity contribution >= 4 is 33.2 Å². The maximum atomic E-state index is 13.7. The van der Waals surface area contributed by atoms with E-state index in [0.29, 0.717) is 41.2 Å². The second-order valence-corrected chi connectivity index (χ2v) is 10.8. The van der Waals surface area contributed by atoms with Gasteiger partial charge in [0.2, 0.25) is 10.0 Å². The van der Waals surface area contributed by atoms with Crippen molar-refractivity contribution in [3.63, 3.8) is 0 Å². The minimum Gasteiger partial charge on any atom is -0.456 e. The van der Waals surface area contributed by atoms with Gasteiger partial charge in [0.1, 0.15) is 16.4 Å². The maximum absolute atomic E-state index is 13.7. The molecule has 1 fully saturated rings. The van der Waals surface area contributed by atoms with E-state index in [-0.39, 0.29) is 22.0 Å². The molecule has 7 nitrogen and oxygen atoms in total. The number of nitrogens with zero attached hydrogens (tertiary/aromatic N) is 1. The smallest absolute Gasteiger partial charge is 0.259 e. The van der Waals surface area contributed by atoms with Crippen LogP contribution in [-0.2, 0) is 10.0 Å². The van der Waals surface area contributed by atoms with Gasteiger partial charge in [0.25, 0.3) is 5.91 Å². The highest BCUT2D eigenvalue weighted by Gasteiger charge is 2.34. The van der Waals surface area contributed by atoms with Crippen LogP contribution in [0.3, 0.4) is 0 Å². The van der Waals surface area contributed by atoms with E-state index in [1.807, 2.05) is 0 Å². The van der Waals surface area contributed by atoms with Crippen molar-refractivity contribution in [2.45, 2.75) is 24.7 Å². The first-order chi connectivity index (χ1) is 16.3. The second-order valence-electron chi connectivity index (χ2n) is 8.49. The SMILES string of the molecule is CC1CCN(S(=O)(=O)c2cc3c(cc2Oc2ccc(Cl)cc2)Oc2ccccc2NC3=O)CC1. The van der Waals surface area contributed by atoms with Crippen LogP contribution in [0.1, 0.15) is 30.1 Å². The number of piperidine rings is 1. The third-order valence-electron chi connectivity index (χ3n) is 6.05. The summed E-state index contributed by atoms with van der Waals surface area (Å²) < 4.78 is 40.9. The van der Waals surface area contributed by atoms with Crippen molar-refractivity contribution in [1.29, 1.82) is 0 Å². The number of anilines is 1. The topological polar surface area (TPSA) is 84.9 Å². The Morgan fingerprint density at radius 3 is 2.47 bits per heavy atom. The molecule has 3 aromatic rings. The fourth-order valence-corrected chi connectivity index (χ4v) is 5.76. The van der Waals surface area contributed by atoms with Gasteiger partial charge in [0.15, 0.2) is 11.5 Å². The molecular weight excluding hydrogens is 476 g/mol. The predicted octanol–water partition coefficient (Wildman–Crippen LogP) is 5.91. The number of nitrogens with one attached hydrogen (secondary N) is 1. The molecule has 2 aliphatic rings. The van der Waals surface area contributed by atoms with E-state index in [0.717, 1.165) is 12.8 Å². The molecule has 34 heavy (non-hydrogen) atoms. The summed E-state index contributed by atoms with van der Waals surface area (Å²) >= 11 is 5.99. The molecule has 0 bridgehead atoms. The number of para-hydroxylation sites is 2. The highest BCUT2D eigenvalue weighted by molar-refractivity contribution is 7.89. The number of amides is 1. The summed E-state index contributed by atoms with van der Waals surface area (Å²) in [7, 11) is -3.93. The van der Waals surface area contributed by atoms with Crippen LogP contribution in [0, 0.1) is 5.92 Å². The van der Waals surface area contributed by atoms with Crippen LogP contribution in [0.5, 0.6) is 23.0 Å². The first-order valence-electron chi connectivity index (χ1n) is 11.0. The summed E-state index contributed by atoms with van der Waals surface area (Å²) in [5.74, 6) is 1.14. The molecule has 0 aromatic heterocycles. The number of ether oxygens (including phenoxy) is 2. The molecule has 0 aliphatic carbocycles. The molecule has 2 aliphatic heterocycles. The highest BCUT2D eigenvalue weighted by atomic mass is 35.5. The maximum Gasteiger partial charge on any atom is 0.259 e. The van der Waals surface area contributed by atoms with Crippen LogP contribution in [0.4, 0.5) is 5.69 Å². The quantitative estimate of drug-likeness (QED) is 0.483. The normalized spacial score (nSPS) is 16.6. The van der Waals surface area contributed by atoms with Gasteiger partial charge >= 0.3 is 0 Å². The second kappa shape index (κ2) is 8.94. The van der Waals surface area contributed by atoms with Crippen molar-refractivity contribution < 1.29 is 22.7 Å². The Kier molecular flexibility index (Phi) is 5.97. The van der Waals surface area contributed by atoms with Gasteiger partial charge in [0.05, 0.1) is 11.3 Å². The molecule has 1 saturated heterocycles. The van der Waals surface area contributed by atoms with E-state index in [9.17, 15) is 13.2 Å². The first kappa shape index (κ1) is 22.7. The third-order valence-corrected chi connectivity index (χ3v) is 8.22. The largest absolute Gasteiger partial charge is 0.456 e. The van der Waals surface area contributed by atoms with Gasteiger partial charge in [0, 0.05) is 24.2 Å². The summed E-state index contributed by atoms with van der Waals surface area (Å²) in [5.41, 5.74) is 0.613. The molecule has 2 heterocycles. The Morgan fingerprint density at radius 2 is 1.74 bits per heavy atom. The number of carbonyl (C=O) groups is 1. The lowest BCUT2D eigenvalue weighted by atomic mass is 10.0. The van der Waals surface area contributed by atoms with Crippen LogP contribution in [0.25, 0.3) is 0 Å². The number of rotatable bonds is 4. The Hall–Kier alpha value is -3.07. The molecule has 0 unspecified atom stereocenters. The van der Waals surface area contributed by atoms with Gasteiger partial charge in [-0.25, -0.2) is 8.42 Å². The van der Waals surface area contributed by atoms with E-state index >= 15 is 0 Å². The number of hydrogen-bond acceptors (Lipinski definition) is 5. The summed E-state index contributed by atoms with van der Waals surface area (Å²) in [6.07, 6.45) is 1.55. The van der Waals surface area contributed by atoms with Crippen molar-refractivity contribution in [2.75, 3.05) is 18.4 Å². The fraction of sp³-hybridized carbons (Fsp3) is 0.240. The number of benzene rings is 3. The Balaban J connectivity index is 1.63. The van der Waals surface area contributed by atoms with E-state index in [2.05, 4.69) is 12.2 Å². The lowest BCUT2D eigenvalue weighted by Gasteiger charge is -2.30. The highest BCUT2D eigenvalue weighted by Crippen LogP contribution is 2.42. The van der Waals surface area contributed by atoms with E-state index in [1.165, 1.54) is 16.4 Å². The molecule has 0 atom stereocenters. The number of fused-ring (bicyclic) bond motifs is 2. The number of hydrogen-bond donors (Lipinski definition) is 1. The number of halogens is 1. The van der Waals surface area contributed by atoms with Crippen molar-refractivity contribution in [1.82, 2.24) is 4.31 Å². The minimum atomic E-state index is -3.93. The van der Waals surface area contributed by atoms with Gasteiger partial charge in [-0.2, -0.15) is 4.31 Å². The van der Waals surface area contributed by atoms with Gasteiger partial charge in [-0.05, 0) is 61.2 Å². The molecule has 1 amide bonds. The Labute approximate surface area is 203 Å². The lowest BCUT2D eigenvalue weighted by Crippen LogP contribution is -2.38. The first-order valence-corrected chi connectivity index (χ1v) is 12.8. The zero-order valence-electron chi connectivity index (χ0n) is 18.5. The van der Waals surface area contributed by atoms with Gasteiger partial charge in [-0.3, -0.25) is 4.79 Å². The lowest BCUT2D eigenvalue weighted by molar-refractivity contribution is 0.102. The van der Waals surface area contributed by atoms with Crippen LogP contribution in [0.15, 0.2) is 65.6 Å². The van der Waals surface area contributed by atoms with E-state index in [1.54, 1.807) is 48.5 Å². The van der Waals surface area contributed by atoms with Crippen LogP contribution < -0.4 is 14.8 Å². The molecule has 3 aromatic carbocycles. The minimum absolute atomic E-state index is 0.0758. The van der Waals surface area contributed by atoms with Crippen molar-refractivity contribution in [2.24, 2.45) is 5.92 Å². The van der Waals surface area contributed by atoms with E-state index in [4.69, 9.17) is 21.1 Å². The zero-order valence-corrected chi connectivity index (χ0v) is 20.0. The van der Waals surface area contributed by atoms with Crippen LogP contribution in [0.2, 0.25) is 5.02 Å². The van der Waals surface area contributed by atoms with Crippen molar-refractivity contribution in [3.8, 4) is 23.0 Å². The molecule has 0 spiro atoms. The molecule has 1 N–H and O–H groups in total. The van der Waals surface area contributed by atoms with E-state index < -0.39 is 15.9 Å². The third kappa shape index (κ3) is 4.36. The fourth-order valence-electron chi connectivity index (χ4n) is 4.05. The monoisotopic (exact) mass is 498 g/mol. The van der Waals surface area contributed by atoms with Crippen LogP contribution >= 0.6 is 11.6 Å². The standard InChI is InChI=1S/C25H23ClN2O5S/c1-16-10-12-28(13-11-16)34(30,31)24-14-19-22(15-23(24)32-18-8-6-17(26)7-9-18)33-21-5-3-2-4-20(21)27-25(19)29/h2-9,14-16H,10-13H2,1H3,(H,27,29).